The molecule has 0 aliphatic rings. The van der Waals surface area contributed by atoms with Gasteiger partial charge in [-0.2, -0.15) is 0 Å². The summed E-state index contributed by atoms with van der Waals surface area (Å²) in [5, 5.41) is 0. The van der Waals surface area contributed by atoms with Crippen LogP contribution in [-0.2, 0) is 33.6 Å². The molecule has 198 valence electrons. The number of unbranched alkanes of at least 4 members (excludes halogenated alkanes) is 1. The lowest BCUT2D eigenvalue weighted by Crippen LogP contribution is -2.26. The van der Waals surface area contributed by atoms with Crippen LogP contribution in [0.1, 0.15) is 66.7 Å². The summed E-state index contributed by atoms with van der Waals surface area (Å²) >= 11 is 0. The van der Waals surface area contributed by atoms with Gasteiger partial charge < -0.3 is 4.57 Å². The first-order chi connectivity index (χ1) is 17.6. The largest absolute Gasteiger partial charge is 0.318 e. The van der Waals surface area contributed by atoms with Crippen LogP contribution >= 0.6 is 0 Å². The summed E-state index contributed by atoms with van der Waals surface area (Å²) in [5.74, 6) is 0.0532. The van der Waals surface area contributed by atoms with E-state index in [2.05, 4.69) is 9.71 Å². The highest BCUT2D eigenvalue weighted by Gasteiger charge is 2.22. The van der Waals surface area contributed by atoms with Gasteiger partial charge in [0, 0.05) is 65.9 Å². The molecule has 0 amide bonds. The van der Waals surface area contributed by atoms with Crippen LogP contribution in [0.5, 0.6) is 0 Å². The van der Waals surface area contributed by atoms with E-state index in [1.54, 1.807) is 50.5 Å². The van der Waals surface area contributed by atoms with E-state index in [9.17, 15) is 22.2 Å². The molecule has 1 aromatic carbocycles. The maximum atomic E-state index is 13.5. The van der Waals surface area contributed by atoms with Crippen molar-refractivity contribution in [2.75, 3.05) is 11.5 Å². The molecule has 3 rings (SSSR count). The highest BCUT2D eigenvalue weighted by atomic mass is 32.2. The lowest BCUT2D eigenvalue weighted by atomic mass is 9.90. The highest BCUT2D eigenvalue weighted by Crippen LogP contribution is 2.33. The monoisotopic (exact) mass is 543 g/mol. The molecule has 0 spiro atoms. The molecule has 2 aromatic heterocycles. The minimum atomic E-state index is -3.32. The van der Waals surface area contributed by atoms with Crippen molar-refractivity contribution in [2.24, 2.45) is 7.05 Å². The number of nitrogens with zero attached hydrogens (tertiary/aromatic N) is 2. The van der Waals surface area contributed by atoms with Gasteiger partial charge in [0.2, 0.25) is 0 Å². The fourth-order valence-electron chi connectivity index (χ4n) is 3.94. The van der Waals surface area contributed by atoms with Crippen molar-refractivity contribution in [3.8, 4) is 11.1 Å². The Hall–Kier alpha value is -2.95. The summed E-state index contributed by atoms with van der Waals surface area (Å²) in [6.45, 7) is 5.43. The molecule has 0 aliphatic carbocycles. The van der Waals surface area contributed by atoms with Crippen molar-refractivity contribution in [2.45, 2.75) is 45.4 Å². The molecule has 0 unspecified atom stereocenters. The number of benzene rings is 1. The molecule has 1 N–H and O–H groups in total. The van der Waals surface area contributed by atoms with E-state index in [1.165, 1.54) is 23.0 Å². The summed E-state index contributed by atoms with van der Waals surface area (Å²) in [6.07, 6.45) is 6.41. The number of sulfone groups is 1. The van der Waals surface area contributed by atoms with Crippen LogP contribution in [0.25, 0.3) is 11.1 Å². The standard InChI is InChI=1S/C27H33N3O5S2/c1-5-7-14-36(33)29-19(3)23-16-26(31)30(4)17-25(23)24-15-20(18-37(34,35)6-2)8-9-22(24)27(32)21-10-12-28-13-11-21/h8-13,15-17,19,29H,5-7,14,18H2,1-4H3/t19-,36+/m0/s1. The van der Waals surface area contributed by atoms with Gasteiger partial charge in [-0.05, 0) is 48.2 Å². The van der Waals surface area contributed by atoms with Gasteiger partial charge in [-0.1, -0.05) is 32.4 Å². The van der Waals surface area contributed by atoms with Crippen LogP contribution in [0.2, 0.25) is 0 Å². The maximum Gasteiger partial charge on any atom is 0.250 e. The van der Waals surface area contributed by atoms with Gasteiger partial charge >= 0.3 is 0 Å². The molecule has 0 radical (unpaired) electrons. The third kappa shape index (κ3) is 7.30. The van der Waals surface area contributed by atoms with Crippen LogP contribution in [0, 0.1) is 0 Å². The highest BCUT2D eigenvalue weighted by molar-refractivity contribution is 7.90. The van der Waals surface area contributed by atoms with E-state index >= 15 is 0 Å². The molecule has 2 atom stereocenters. The van der Waals surface area contributed by atoms with E-state index in [1.807, 2.05) is 13.8 Å². The molecular formula is C27H33N3O5S2. The van der Waals surface area contributed by atoms with Gasteiger partial charge in [0.1, 0.15) is 0 Å². The zero-order chi connectivity index (χ0) is 27.2. The Kier molecular flexibility index (Phi) is 9.69. The average molecular weight is 544 g/mol. The predicted octanol–water partition coefficient (Wildman–Crippen LogP) is 3.73. The van der Waals surface area contributed by atoms with Gasteiger partial charge in [-0.3, -0.25) is 14.6 Å². The number of rotatable bonds is 12. The number of carbonyl (C=O) groups is 1. The molecule has 8 nitrogen and oxygen atoms in total. The van der Waals surface area contributed by atoms with Crippen molar-refractivity contribution in [1.29, 1.82) is 0 Å². The van der Waals surface area contributed by atoms with Gasteiger partial charge in [0.05, 0.1) is 16.7 Å². The van der Waals surface area contributed by atoms with Crippen molar-refractivity contribution >= 4 is 26.6 Å². The summed E-state index contributed by atoms with van der Waals surface area (Å²) in [4.78, 5) is 30.1. The first-order valence-electron chi connectivity index (χ1n) is 12.2. The van der Waals surface area contributed by atoms with Crippen LogP contribution in [0.3, 0.4) is 0 Å². The Bertz CT molecular complexity index is 1450. The topological polar surface area (TPSA) is 115 Å². The van der Waals surface area contributed by atoms with Crippen molar-refractivity contribution < 1.29 is 17.4 Å². The lowest BCUT2D eigenvalue weighted by molar-refractivity contribution is 0.103. The molecule has 0 bridgehead atoms. The van der Waals surface area contributed by atoms with E-state index in [0.29, 0.717) is 39.1 Å². The van der Waals surface area contributed by atoms with Gasteiger partial charge in [-0.25, -0.2) is 17.3 Å². The first-order valence-corrected chi connectivity index (χ1v) is 15.3. The fraction of sp³-hybridized carbons (Fsp3) is 0.370. The zero-order valence-electron chi connectivity index (χ0n) is 21.6. The fourth-order valence-corrected chi connectivity index (χ4v) is 6.02. The third-order valence-electron chi connectivity index (χ3n) is 6.11. The number of ketones is 1. The summed E-state index contributed by atoms with van der Waals surface area (Å²) in [7, 11) is -3.01. The van der Waals surface area contributed by atoms with E-state index in [-0.39, 0.29) is 22.8 Å². The number of hydrogen-bond donors (Lipinski definition) is 1. The molecule has 0 aliphatic heterocycles. The molecule has 0 fully saturated rings. The molecule has 37 heavy (non-hydrogen) atoms. The van der Waals surface area contributed by atoms with E-state index in [4.69, 9.17) is 0 Å². The van der Waals surface area contributed by atoms with Gasteiger partial charge in [0.25, 0.3) is 5.56 Å². The molecular weight excluding hydrogens is 510 g/mol. The summed E-state index contributed by atoms with van der Waals surface area (Å²) < 4.78 is 41.8. The number of hydrogen-bond acceptors (Lipinski definition) is 6. The number of carbonyl (C=O) groups excluding carboxylic acids is 1. The Balaban J connectivity index is 2.21. The summed E-state index contributed by atoms with van der Waals surface area (Å²) in [6, 6.07) is 9.22. The zero-order valence-corrected chi connectivity index (χ0v) is 23.2. The van der Waals surface area contributed by atoms with Crippen LogP contribution in [0.4, 0.5) is 0 Å². The van der Waals surface area contributed by atoms with E-state index in [0.717, 1.165) is 12.8 Å². The first kappa shape index (κ1) is 28.6. The second-order valence-corrected chi connectivity index (χ2v) is 12.6. The van der Waals surface area contributed by atoms with Crippen LogP contribution in [0.15, 0.2) is 59.8 Å². The molecule has 0 saturated carbocycles. The molecule has 2 heterocycles. The maximum absolute atomic E-state index is 13.5. The Morgan fingerprint density at radius 3 is 2.46 bits per heavy atom. The van der Waals surface area contributed by atoms with Crippen molar-refractivity contribution in [3.05, 3.63) is 87.6 Å². The molecule has 10 heteroatoms. The number of aromatic nitrogens is 2. The minimum Gasteiger partial charge on any atom is -0.318 e. The van der Waals surface area contributed by atoms with Gasteiger partial charge in [0.15, 0.2) is 15.6 Å². The smallest absolute Gasteiger partial charge is 0.250 e. The van der Waals surface area contributed by atoms with Crippen molar-refractivity contribution in [3.63, 3.8) is 0 Å². The molecule has 0 saturated heterocycles. The molecule has 3 aromatic rings. The van der Waals surface area contributed by atoms with Crippen LogP contribution < -0.4 is 10.3 Å². The number of pyridine rings is 2. The Labute approximate surface area is 220 Å². The number of aryl methyl sites for hydroxylation is 1. The van der Waals surface area contributed by atoms with E-state index < -0.39 is 26.9 Å². The minimum absolute atomic E-state index is 0.00432. The average Bonchev–Trinajstić information content (AvgIpc) is 2.88. The Morgan fingerprint density at radius 1 is 1.11 bits per heavy atom. The lowest BCUT2D eigenvalue weighted by Gasteiger charge is -2.20. The number of nitrogens with one attached hydrogen (secondary N) is 1. The van der Waals surface area contributed by atoms with Gasteiger partial charge in [-0.15, -0.1) is 0 Å². The normalized spacial score (nSPS) is 13.3. The quantitative estimate of drug-likeness (QED) is 0.348. The predicted molar refractivity (Wildman–Crippen MR) is 147 cm³/mol. The third-order valence-corrected chi connectivity index (χ3v) is 9.03. The second-order valence-electron chi connectivity index (χ2n) is 8.96. The van der Waals surface area contributed by atoms with Crippen LogP contribution in [-0.4, -0.2) is 39.5 Å². The second kappa shape index (κ2) is 12.5. The summed E-state index contributed by atoms with van der Waals surface area (Å²) in [5.41, 5.74) is 2.75. The Morgan fingerprint density at radius 2 is 1.81 bits per heavy atom. The SMILES string of the molecule is CCCC[S@@](=O)N[C@@H](C)c1cc(=O)n(C)cc1-c1cc(CS(=O)(=O)CC)ccc1C(=O)c1ccncc1. The van der Waals surface area contributed by atoms with Crippen molar-refractivity contribution in [1.82, 2.24) is 14.3 Å².